The van der Waals surface area contributed by atoms with Crippen LogP contribution in [0.25, 0.3) is 33.6 Å². The first-order valence-electron chi connectivity index (χ1n) is 10.3. The largest absolute Gasteiger partial charge is 0.443 e. The summed E-state index contributed by atoms with van der Waals surface area (Å²) in [6.07, 6.45) is 4.26. The Kier molecular flexibility index (Phi) is 5.88. The Morgan fingerprint density at radius 1 is 1.03 bits per heavy atom. The van der Waals surface area contributed by atoms with Gasteiger partial charge >= 0.3 is 0 Å². The van der Waals surface area contributed by atoms with Gasteiger partial charge in [0.25, 0.3) is 5.91 Å². The molecule has 9 heteroatoms. The number of oxazole rings is 1. The summed E-state index contributed by atoms with van der Waals surface area (Å²) >= 11 is 12.4. The summed E-state index contributed by atoms with van der Waals surface area (Å²) in [5.41, 5.74) is 2.79. The highest BCUT2D eigenvalue weighted by atomic mass is 35.5. The second-order valence-corrected chi connectivity index (χ2v) is 8.20. The van der Waals surface area contributed by atoms with Crippen molar-refractivity contribution in [3.63, 3.8) is 0 Å². The van der Waals surface area contributed by atoms with Crippen LogP contribution in [0, 0.1) is 0 Å². The van der Waals surface area contributed by atoms with E-state index in [1.54, 1.807) is 18.2 Å². The minimum atomic E-state index is -0.400. The van der Waals surface area contributed by atoms with E-state index in [-0.39, 0.29) is 23.0 Å². The second-order valence-electron chi connectivity index (χ2n) is 7.41. The van der Waals surface area contributed by atoms with Crippen LogP contribution >= 0.6 is 23.2 Å². The average Bonchev–Trinajstić information content (AvgIpc) is 3.39. The Morgan fingerprint density at radius 3 is 2.56 bits per heavy atom. The van der Waals surface area contributed by atoms with Crippen LogP contribution in [0.4, 0.5) is 0 Å². The van der Waals surface area contributed by atoms with Gasteiger partial charge in [-0.25, -0.2) is 9.97 Å². The number of carbonyl (C=O) groups excluding carboxylic acids is 1. The fraction of sp³-hybridized carbons (Fsp3) is 0.0400. The number of pyridine rings is 2. The normalized spacial score (nSPS) is 11.0. The number of rotatable bonds is 5. The number of benzene rings is 2. The Morgan fingerprint density at radius 2 is 1.85 bits per heavy atom. The van der Waals surface area contributed by atoms with Gasteiger partial charge in [-0.3, -0.25) is 9.59 Å². The molecule has 0 spiro atoms. The molecule has 168 valence electrons. The van der Waals surface area contributed by atoms with E-state index in [1.807, 2.05) is 30.3 Å². The molecule has 2 aromatic carbocycles. The molecule has 0 aliphatic carbocycles. The molecule has 0 aliphatic heterocycles. The quantitative estimate of drug-likeness (QED) is 0.317. The number of nitrogens with zero attached hydrogens (tertiary/aromatic N) is 2. The fourth-order valence-electron chi connectivity index (χ4n) is 3.74. The molecule has 0 aliphatic rings. The third-order valence-corrected chi connectivity index (χ3v) is 5.89. The molecule has 0 unspecified atom stereocenters. The number of amides is 1. The number of hydrogen-bond acceptors (Lipinski definition) is 5. The van der Waals surface area contributed by atoms with Gasteiger partial charge in [0, 0.05) is 29.3 Å². The molecular weight excluding hydrogens is 475 g/mol. The van der Waals surface area contributed by atoms with E-state index in [2.05, 4.69) is 20.3 Å². The lowest BCUT2D eigenvalue weighted by atomic mass is 9.99. The molecule has 0 saturated heterocycles. The van der Waals surface area contributed by atoms with Crippen molar-refractivity contribution < 1.29 is 9.21 Å². The van der Waals surface area contributed by atoms with Crippen molar-refractivity contribution in [2.45, 2.75) is 6.54 Å². The molecule has 5 aromatic rings. The fourth-order valence-corrected chi connectivity index (χ4v) is 4.12. The van der Waals surface area contributed by atoms with Crippen LogP contribution < -0.4 is 10.7 Å². The van der Waals surface area contributed by atoms with Crippen LogP contribution in [-0.2, 0) is 6.54 Å². The van der Waals surface area contributed by atoms with Crippen molar-refractivity contribution in [2.75, 3.05) is 0 Å². The van der Waals surface area contributed by atoms with E-state index in [0.29, 0.717) is 38.3 Å². The van der Waals surface area contributed by atoms with Gasteiger partial charge in [0.2, 0.25) is 5.89 Å². The Bertz CT molecular complexity index is 1550. The minimum Gasteiger partial charge on any atom is -0.443 e. The summed E-state index contributed by atoms with van der Waals surface area (Å²) < 4.78 is 5.49. The third kappa shape index (κ3) is 4.07. The predicted octanol–water partition coefficient (Wildman–Crippen LogP) is 5.48. The molecule has 3 aromatic heterocycles. The van der Waals surface area contributed by atoms with Gasteiger partial charge in [0.1, 0.15) is 17.1 Å². The maximum absolute atomic E-state index is 13.6. The minimum absolute atomic E-state index is 0.0618. The second kappa shape index (κ2) is 9.13. The number of carbonyl (C=O) groups is 1. The molecular formula is C25H16Cl2N4O3. The highest BCUT2D eigenvalue weighted by molar-refractivity contribution is 6.35. The number of fused-ring (bicyclic) bond motifs is 1. The zero-order chi connectivity index (χ0) is 23.7. The number of aromatic nitrogens is 3. The van der Waals surface area contributed by atoms with Gasteiger partial charge in [0.05, 0.1) is 22.3 Å². The highest BCUT2D eigenvalue weighted by Gasteiger charge is 2.21. The van der Waals surface area contributed by atoms with Gasteiger partial charge in [-0.05, 0) is 29.8 Å². The molecule has 1 amide bonds. The van der Waals surface area contributed by atoms with Crippen molar-refractivity contribution in [3.8, 4) is 22.7 Å². The molecule has 0 fully saturated rings. The first kappa shape index (κ1) is 21.9. The maximum atomic E-state index is 13.6. The van der Waals surface area contributed by atoms with Gasteiger partial charge in [-0.1, -0.05) is 53.5 Å². The van der Waals surface area contributed by atoms with Gasteiger partial charge < -0.3 is 14.7 Å². The summed E-state index contributed by atoms with van der Waals surface area (Å²) in [5, 5.41) is 3.96. The van der Waals surface area contributed by atoms with Gasteiger partial charge in [0.15, 0.2) is 5.43 Å². The van der Waals surface area contributed by atoms with Crippen LogP contribution in [0.1, 0.15) is 15.9 Å². The smallest absolute Gasteiger partial charge is 0.253 e. The van der Waals surface area contributed by atoms with Crippen molar-refractivity contribution in [3.05, 3.63) is 105 Å². The molecule has 2 N–H and O–H groups in total. The van der Waals surface area contributed by atoms with Crippen LogP contribution in [0.2, 0.25) is 10.2 Å². The third-order valence-electron chi connectivity index (χ3n) is 5.35. The highest BCUT2D eigenvalue weighted by Crippen LogP contribution is 2.34. The number of aromatic amines is 1. The zero-order valence-corrected chi connectivity index (χ0v) is 19.0. The lowest BCUT2D eigenvalue weighted by molar-refractivity contribution is 0.0950. The Balaban J connectivity index is 1.65. The van der Waals surface area contributed by atoms with Crippen molar-refractivity contribution >= 4 is 40.0 Å². The van der Waals surface area contributed by atoms with Crippen LogP contribution in [0.15, 0.2) is 82.5 Å². The Hall–Kier alpha value is -3.94. The van der Waals surface area contributed by atoms with E-state index in [0.717, 1.165) is 5.56 Å². The van der Waals surface area contributed by atoms with Crippen LogP contribution in [0.3, 0.4) is 0 Å². The van der Waals surface area contributed by atoms with E-state index in [1.165, 1.54) is 24.7 Å². The maximum Gasteiger partial charge on any atom is 0.253 e. The number of H-pyrrole nitrogens is 1. The lowest BCUT2D eigenvalue weighted by Gasteiger charge is -2.14. The summed E-state index contributed by atoms with van der Waals surface area (Å²) in [4.78, 5) is 37.7. The number of hydrogen-bond donors (Lipinski definition) is 2. The Labute approximate surface area is 203 Å². The summed E-state index contributed by atoms with van der Waals surface area (Å²) in [6, 6.07) is 16.0. The van der Waals surface area contributed by atoms with E-state index in [9.17, 15) is 9.59 Å². The first-order chi connectivity index (χ1) is 16.5. The molecule has 3 heterocycles. The molecule has 0 saturated carbocycles. The molecule has 34 heavy (non-hydrogen) atoms. The molecule has 0 bridgehead atoms. The monoisotopic (exact) mass is 490 g/mol. The van der Waals surface area contributed by atoms with Crippen molar-refractivity contribution in [1.82, 2.24) is 20.3 Å². The topological polar surface area (TPSA) is 101 Å². The lowest BCUT2D eigenvalue weighted by Crippen LogP contribution is -2.27. The predicted molar refractivity (Wildman–Crippen MR) is 131 cm³/mol. The molecule has 5 rings (SSSR count). The SMILES string of the molecule is O=C(NCc1c(-c2ncco2)[nH]c2c(-c3ccccc3)c(Cl)ccc2c1=O)c1ccc(Cl)nc1. The van der Waals surface area contributed by atoms with E-state index >= 15 is 0 Å². The number of nitrogens with one attached hydrogen (secondary N) is 2. The van der Waals surface area contributed by atoms with Crippen LogP contribution in [0.5, 0.6) is 0 Å². The first-order valence-corrected chi connectivity index (χ1v) is 11.0. The van der Waals surface area contributed by atoms with Gasteiger partial charge in [-0.2, -0.15) is 0 Å². The molecule has 7 nitrogen and oxygen atoms in total. The average molecular weight is 491 g/mol. The number of halogens is 2. The van der Waals surface area contributed by atoms with E-state index in [4.69, 9.17) is 27.6 Å². The summed E-state index contributed by atoms with van der Waals surface area (Å²) in [6.45, 7) is -0.0618. The van der Waals surface area contributed by atoms with Crippen LogP contribution in [-0.4, -0.2) is 20.9 Å². The van der Waals surface area contributed by atoms with Crippen molar-refractivity contribution in [2.24, 2.45) is 0 Å². The standard InChI is InChI=1S/C25H16Cl2N4O3/c26-18-8-7-16-21(20(18)14-4-2-1-3-5-14)31-22(25-28-10-11-34-25)17(23(16)32)13-30-24(33)15-6-9-19(27)29-12-15/h1-12H,13H2,(H,30,33)(H,31,32). The van der Waals surface area contributed by atoms with Gasteiger partial charge in [-0.15, -0.1) is 0 Å². The summed E-state index contributed by atoms with van der Waals surface area (Å²) in [7, 11) is 0. The van der Waals surface area contributed by atoms with E-state index < -0.39 is 5.91 Å². The summed E-state index contributed by atoms with van der Waals surface area (Å²) in [5.74, 6) is -0.182. The molecule has 0 radical (unpaired) electrons. The van der Waals surface area contributed by atoms with Crippen molar-refractivity contribution in [1.29, 1.82) is 0 Å². The molecule has 0 atom stereocenters. The zero-order valence-electron chi connectivity index (χ0n) is 17.5.